The fourth-order valence-corrected chi connectivity index (χ4v) is 6.49. The molecule has 2 aromatic carbocycles. The maximum atomic E-state index is 13.8. The zero-order valence-corrected chi connectivity index (χ0v) is 24.4. The van der Waals surface area contributed by atoms with Crippen LogP contribution in [0.25, 0.3) is 11.1 Å². The number of thiazole rings is 1. The first-order valence-corrected chi connectivity index (χ1v) is 14.7. The third kappa shape index (κ3) is 5.61. The maximum absolute atomic E-state index is 13.8. The largest absolute Gasteiger partial charge is 0.497 e. The van der Waals surface area contributed by atoms with Gasteiger partial charge in [0.05, 0.1) is 12.1 Å². The molecular formula is C31H37N5O3S. The van der Waals surface area contributed by atoms with E-state index < -0.39 is 5.54 Å². The molecule has 5 rings (SSSR count). The van der Waals surface area contributed by atoms with E-state index in [-0.39, 0.29) is 23.7 Å². The lowest BCUT2D eigenvalue weighted by Gasteiger charge is -2.33. The zero-order chi connectivity index (χ0) is 28.4. The standard InChI is InChI=1S/C31H37N5O3S/c1-20-19-40-28(33-20)11-9-23-8-10-26(39-4)17-27(23)24-6-5-7-25(16-24)31(3)29(38)36(30(32)34-31)18-22-12-14-35(15-13-22)21(2)37/h5-8,10,16-17,19,22H,9,11-15,18H2,1-4H3,(H2,32,34). The fourth-order valence-electron chi connectivity index (χ4n) is 5.71. The first kappa shape index (κ1) is 27.8. The molecule has 2 aliphatic heterocycles. The Morgan fingerprint density at radius 1 is 1.20 bits per heavy atom. The third-order valence-electron chi connectivity index (χ3n) is 8.15. The lowest BCUT2D eigenvalue weighted by molar-refractivity contribution is -0.133. The summed E-state index contributed by atoms with van der Waals surface area (Å²) in [5.41, 5.74) is 4.08. The third-order valence-corrected chi connectivity index (χ3v) is 9.18. The second kappa shape index (κ2) is 11.4. The highest BCUT2D eigenvalue weighted by Gasteiger charge is 2.47. The number of ether oxygens (including phenoxy) is 1. The predicted molar refractivity (Wildman–Crippen MR) is 158 cm³/mol. The van der Waals surface area contributed by atoms with Crippen molar-refractivity contribution in [3.63, 3.8) is 0 Å². The molecule has 0 bridgehead atoms. The molecule has 0 saturated carbocycles. The number of carbonyl (C=O) groups is 2. The SMILES string of the molecule is COc1ccc(CCc2nc(C)cs2)c(-c2cccc(C3(C)NC(=N)N(CC4CCN(C(C)=O)CC4)C3=O)c2)c1. The van der Waals surface area contributed by atoms with E-state index >= 15 is 0 Å². The Morgan fingerprint density at radius 2 is 1.98 bits per heavy atom. The molecule has 2 fully saturated rings. The van der Waals surface area contributed by atoms with Crippen molar-refractivity contribution in [2.75, 3.05) is 26.7 Å². The van der Waals surface area contributed by atoms with E-state index in [1.165, 1.54) is 5.56 Å². The van der Waals surface area contributed by atoms with Gasteiger partial charge in [-0.25, -0.2) is 4.98 Å². The molecule has 0 radical (unpaired) electrons. The van der Waals surface area contributed by atoms with E-state index in [2.05, 4.69) is 39.9 Å². The summed E-state index contributed by atoms with van der Waals surface area (Å²) < 4.78 is 5.55. The van der Waals surface area contributed by atoms with Gasteiger partial charge >= 0.3 is 0 Å². The number of nitrogens with one attached hydrogen (secondary N) is 2. The smallest absolute Gasteiger partial charge is 0.259 e. The van der Waals surface area contributed by atoms with Crippen LogP contribution in [0.2, 0.25) is 0 Å². The normalized spacial score (nSPS) is 19.7. The molecule has 3 aromatic rings. The van der Waals surface area contributed by atoms with Crippen molar-refractivity contribution in [2.24, 2.45) is 5.92 Å². The maximum Gasteiger partial charge on any atom is 0.259 e. The van der Waals surface area contributed by atoms with E-state index in [1.807, 2.05) is 36.9 Å². The topological polar surface area (TPSA) is 98.6 Å². The number of benzene rings is 2. The Morgan fingerprint density at radius 3 is 2.65 bits per heavy atom. The minimum Gasteiger partial charge on any atom is -0.497 e. The van der Waals surface area contributed by atoms with Crippen molar-refractivity contribution in [3.8, 4) is 16.9 Å². The van der Waals surface area contributed by atoms with Gasteiger partial charge in [0.1, 0.15) is 11.3 Å². The number of guanidine groups is 1. The summed E-state index contributed by atoms with van der Waals surface area (Å²) in [6.07, 6.45) is 3.36. The molecule has 0 aliphatic carbocycles. The van der Waals surface area contributed by atoms with Gasteiger partial charge in [-0.15, -0.1) is 11.3 Å². The van der Waals surface area contributed by atoms with Crippen LogP contribution in [0, 0.1) is 18.3 Å². The summed E-state index contributed by atoms with van der Waals surface area (Å²) >= 11 is 1.69. The lowest BCUT2D eigenvalue weighted by atomic mass is 9.88. The van der Waals surface area contributed by atoms with Gasteiger partial charge in [0.25, 0.3) is 5.91 Å². The average Bonchev–Trinajstić information content (AvgIpc) is 3.47. The minimum atomic E-state index is -1.04. The van der Waals surface area contributed by atoms with Crippen molar-refractivity contribution in [1.29, 1.82) is 5.41 Å². The van der Waals surface area contributed by atoms with Crippen LogP contribution in [0.3, 0.4) is 0 Å². The van der Waals surface area contributed by atoms with Crippen LogP contribution in [0.5, 0.6) is 5.75 Å². The van der Waals surface area contributed by atoms with Gasteiger partial charge in [0.2, 0.25) is 5.91 Å². The van der Waals surface area contributed by atoms with E-state index in [4.69, 9.17) is 10.1 Å². The van der Waals surface area contributed by atoms with Crippen LogP contribution in [0.4, 0.5) is 0 Å². The Kier molecular flexibility index (Phi) is 7.94. The van der Waals surface area contributed by atoms with Crippen LogP contribution >= 0.6 is 11.3 Å². The molecule has 2 amide bonds. The summed E-state index contributed by atoms with van der Waals surface area (Å²) in [6, 6.07) is 14.2. The van der Waals surface area contributed by atoms with Gasteiger partial charge in [0.15, 0.2) is 5.96 Å². The Labute approximate surface area is 239 Å². The molecule has 9 heteroatoms. The summed E-state index contributed by atoms with van der Waals surface area (Å²) in [5, 5.41) is 15.0. The molecule has 8 nitrogen and oxygen atoms in total. The van der Waals surface area contributed by atoms with E-state index in [0.29, 0.717) is 19.6 Å². The number of piperidine rings is 1. The number of likely N-dealkylation sites (tertiary alicyclic amines) is 1. The number of hydrogen-bond acceptors (Lipinski definition) is 6. The number of nitrogens with zero attached hydrogens (tertiary/aromatic N) is 3. The van der Waals surface area contributed by atoms with Crippen LogP contribution in [0.1, 0.15) is 48.5 Å². The monoisotopic (exact) mass is 559 g/mol. The molecule has 0 spiro atoms. The summed E-state index contributed by atoms with van der Waals surface area (Å²) in [5.74, 6) is 1.15. The van der Waals surface area contributed by atoms with Gasteiger partial charge in [-0.2, -0.15) is 0 Å². The number of aromatic nitrogens is 1. The number of rotatable bonds is 8. The van der Waals surface area contributed by atoms with Gasteiger partial charge in [-0.1, -0.05) is 24.3 Å². The summed E-state index contributed by atoms with van der Waals surface area (Å²) in [7, 11) is 1.67. The molecule has 2 saturated heterocycles. The van der Waals surface area contributed by atoms with Crippen molar-refractivity contribution >= 4 is 29.1 Å². The fraction of sp³-hybridized carbons (Fsp3) is 0.419. The molecule has 1 atom stereocenters. The van der Waals surface area contributed by atoms with Gasteiger partial charge < -0.3 is 15.0 Å². The van der Waals surface area contributed by atoms with E-state index in [0.717, 1.165) is 58.8 Å². The van der Waals surface area contributed by atoms with Crippen molar-refractivity contribution in [3.05, 3.63) is 69.7 Å². The molecule has 1 aromatic heterocycles. The number of hydrogen-bond donors (Lipinski definition) is 2. The van der Waals surface area contributed by atoms with Gasteiger partial charge in [-0.05, 0) is 79.5 Å². The highest BCUT2D eigenvalue weighted by Crippen LogP contribution is 2.35. The van der Waals surface area contributed by atoms with Gasteiger partial charge in [-0.3, -0.25) is 19.9 Å². The van der Waals surface area contributed by atoms with Crippen LogP contribution in [-0.4, -0.2) is 59.3 Å². The average molecular weight is 560 g/mol. The molecule has 40 heavy (non-hydrogen) atoms. The van der Waals surface area contributed by atoms with Crippen LogP contribution < -0.4 is 10.1 Å². The molecular weight excluding hydrogens is 522 g/mol. The van der Waals surface area contributed by atoms with Crippen LogP contribution in [0.15, 0.2) is 47.8 Å². The number of carbonyl (C=O) groups excluding carboxylic acids is 2. The van der Waals surface area contributed by atoms with Crippen molar-refractivity contribution < 1.29 is 14.3 Å². The van der Waals surface area contributed by atoms with Gasteiger partial charge in [0, 0.05) is 44.1 Å². The second-order valence-corrected chi connectivity index (χ2v) is 11.9. The minimum absolute atomic E-state index is 0.0926. The van der Waals surface area contributed by atoms with E-state index in [9.17, 15) is 9.59 Å². The Hall–Kier alpha value is -3.72. The number of methoxy groups -OCH3 is 1. The first-order valence-electron chi connectivity index (χ1n) is 13.8. The zero-order valence-electron chi connectivity index (χ0n) is 23.6. The lowest BCUT2D eigenvalue weighted by Crippen LogP contribution is -2.43. The molecule has 210 valence electrons. The van der Waals surface area contributed by atoms with Crippen molar-refractivity contribution in [1.82, 2.24) is 20.1 Å². The van der Waals surface area contributed by atoms with E-state index in [1.54, 1.807) is 30.3 Å². The highest BCUT2D eigenvalue weighted by atomic mass is 32.1. The molecule has 2 aliphatic rings. The Balaban J connectivity index is 1.37. The summed E-state index contributed by atoms with van der Waals surface area (Å²) in [4.78, 5) is 33.5. The summed E-state index contributed by atoms with van der Waals surface area (Å²) in [6.45, 7) is 7.36. The molecule has 3 heterocycles. The molecule has 2 N–H and O–H groups in total. The number of amides is 2. The Bertz CT molecular complexity index is 1430. The number of aryl methyl sites for hydroxylation is 3. The highest BCUT2D eigenvalue weighted by molar-refractivity contribution is 7.09. The quantitative estimate of drug-likeness (QED) is 0.415. The first-order chi connectivity index (χ1) is 19.2. The predicted octanol–water partition coefficient (Wildman–Crippen LogP) is 4.75. The molecule has 1 unspecified atom stereocenters. The van der Waals surface area contributed by atoms with Crippen LogP contribution in [-0.2, 0) is 28.0 Å². The van der Waals surface area contributed by atoms with Crippen molar-refractivity contribution in [2.45, 2.75) is 52.0 Å². The second-order valence-electron chi connectivity index (χ2n) is 11.0.